The monoisotopic (exact) mass is 245 g/mol. The van der Waals surface area contributed by atoms with Crippen molar-refractivity contribution in [1.29, 1.82) is 0 Å². The first kappa shape index (κ1) is 12.4. The lowest BCUT2D eigenvalue weighted by molar-refractivity contribution is 0.872. The van der Waals surface area contributed by atoms with Crippen LogP contribution in [-0.4, -0.2) is 21.3 Å². The van der Waals surface area contributed by atoms with Crippen LogP contribution in [-0.2, 0) is 0 Å². The Morgan fingerprint density at radius 1 is 1.22 bits per heavy atom. The van der Waals surface area contributed by atoms with Crippen LogP contribution in [0.5, 0.6) is 0 Å². The van der Waals surface area contributed by atoms with Gasteiger partial charge in [-0.1, -0.05) is 17.7 Å². The number of nitrogen functional groups attached to an aromatic ring is 1. The molecule has 0 unspecified atom stereocenters. The molecule has 18 heavy (non-hydrogen) atoms. The van der Waals surface area contributed by atoms with Crippen LogP contribution in [0.4, 0.5) is 11.9 Å². The molecular weight excluding hydrogens is 226 g/mol. The predicted octanol–water partition coefficient (Wildman–Crippen LogP) is 2.21. The molecule has 0 fully saturated rings. The fourth-order valence-electron chi connectivity index (χ4n) is 2.23. The van der Waals surface area contributed by atoms with Gasteiger partial charge in [-0.15, -0.1) is 5.10 Å². The van der Waals surface area contributed by atoms with Crippen molar-refractivity contribution in [2.45, 2.75) is 27.7 Å². The van der Waals surface area contributed by atoms with Crippen molar-refractivity contribution >= 4 is 11.9 Å². The quantitative estimate of drug-likeness (QED) is 0.870. The van der Waals surface area contributed by atoms with Crippen molar-refractivity contribution in [3.8, 4) is 5.69 Å². The first-order valence-electron chi connectivity index (χ1n) is 6.07. The van der Waals surface area contributed by atoms with E-state index < -0.39 is 0 Å². The molecule has 0 aliphatic heterocycles. The van der Waals surface area contributed by atoms with Gasteiger partial charge in [0, 0.05) is 6.54 Å². The van der Waals surface area contributed by atoms with E-state index in [1.54, 1.807) is 4.68 Å². The number of nitrogens with zero attached hydrogens (tertiary/aromatic N) is 3. The molecule has 1 aromatic carbocycles. The SMILES string of the molecule is CCNc1nc(N)n(-c2c(C)cc(C)cc2C)n1. The van der Waals surface area contributed by atoms with Crippen molar-refractivity contribution < 1.29 is 0 Å². The zero-order valence-electron chi connectivity index (χ0n) is 11.3. The van der Waals surface area contributed by atoms with Gasteiger partial charge in [0.15, 0.2) is 0 Å². The first-order valence-corrected chi connectivity index (χ1v) is 6.07. The average molecular weight is 245 g/mol. The molecule has 0 atom stereocenters. The largest absolute Gasteiger partial charge is 0.368 e. The maximum atomic E-state index is 5.93. The minimum atomic E-state index is 0.404. The summed E-state index contributed by atoms with van der Waals surface area (Å²) in [6, 6.07) is 4.24. The summed E-state index contributed by atoms with van der Waals surface area (Å²) in [5.41, 5.74) is 10.5. The Bertz CT molecular complexity index is 548. The van der Waals surface area contributed by atoms with Gasteiger partial charge in [-0.25, -0.2) is 0 Å². The minimum absolute atomic E-state index is 0.404. The highest BCUT2D eigenvalue weighted by molar-refractivity contribution is 5.52. The van der Waals surface area contributed by atoms with Crippen LogP contribution >= 0.6 is 0 Å². The molecule has 5 heteroatoms. The van der Waals surface area contributed by atoms with Crippen molar-refractivity contribution in [1.82, 2.24) is 14.8 Å². The summed E-state index contributed by atoms with van der Waals surface area (Å²) in [6.45, 7) is 8.97. The van der Waals surface area contributed by atoms with E-state index >= 15 is 0 Å². The molecule has 5 nitrogen and oxygen atoms in total. The number of aryl methyl sites for hydroxylation is 3. The predicted molar refractivity (Wildman–Crippen MR) is 74.1 cm³/mol. The topological polar surface area (TPSA) is 68.8 Å². The highest BCUT2D eigenvalue weighted by atomic mass is 15.4. The van der Waals surface area contributed by atoms with Gasteiger partial charge in [-0.05, 0) is 38.8 Å². The Balaban J connectivity index is 2.55. The molecule has 0 amide bonds. The van der Waals surface area contributed by atoms with Crippen LogP contribution in [0, 0.1) is 20.8 Å². The third-order valence-corrected chi connectivity index (χ3v) is 2.81. The molecule has 0 saturated heterocycles. The average Bonchev–Trinajstić information content (AvgIpc) is 2.59. The lowest BCUT2D eigenvalue weighted by Gasteiger charge is -2.11. The van der Waals surface area contributed by atoms with Crippen molar-refractivity contribution in [2.75, 3.05) is 17.6 Å². The molecule has 96 valence electrons. The van der Waals surface area contributed by atoms with E-state index in [4.69, 9.17) is 5.73 Å². The summed E-state index contributed by atoms with van der Waals surface area (Å²) < 4.78 is 1.70. The Hall–Kier alpha value is -2.04. The smallest absolute Gasteiger partial charge is 0.244 e. The minimum Gasteiger partial charge on any atom is -0.368 e. The van der Waals surface area contributed by atoms with Gasteiger partial charge in [0.2, 0.25) is 11.9 Å². The molecule has 2 rings (SSSR count). The van der Waals surface area contributed by atoms with Crippen molar-refractivity contribution in [3.63, 3.8) is 0 Å². The maximum Gasteiger partial charge on any atom is 0.244 e. The van der Waals surface area contributed by atoms with Crippen LogP contribution < -0.4 is 11.1 Å². The Labute approximate surface area is 107 Å². The number of nitrogens with one attached hydrogen (secondary N) is 1. The van der Waals surface area contributed by atoms with E-state index in [1.807, 2.05) is 6.92 Å². The fourth-order valence-corrected chi connectivity index (χ4v) is 2.23. The fraction of sp³-hybridized carbons (Fsp3) is 0.385. The lowest BCUT2D eigenvalue weighted by atomic mass is 10.1. The third-order valence-electron chi connectivity index (χ3n) is 2.81. The first-order chi connectivity index (χ1) is 8.52. The number of hydrogen-bond acceptors (Lipinski definition) is 4. The normalized spacial score (nSPS) is 10.7. The summed E-state index contributed by atoms with van der Waals surface area (Å²) in [5.74, 6) is 0.968. The second kappa shape index (κ2) is 4.68. The highest BCUT2D eigenvalue weighted by Crippen LogP contribution is 2.23. The van der Waals surface area contributed by atoms with E-state index in [0.717, 1.165) is 23.4 Å². The number of rotatable bonds is 3. The molecule has 0 bridgehead atoms. The van der Waals surface area contributed by atoms with Gasteiger partial charge in [-0.3, -0.25) is 0 Å². The van der Waals surface area contributed by atoms with Gasteiger partial charge < -0.3 is 11.1 Å². The van der Waals surface area contributed by atoms with Crippen LogP contribution in [0.25, 0.3) is 5.69 Å². The van der Waals surface area contributed by atoms with Gasteiger partial charge >= 0.3 is 0 Å². The Morgan fingerprint density at radius 3 is 2.39 bits per heavy atom. The molecule has 0 radical (unpaired) electrons. The molecule has 0 aliphatic carbocycles. The lowest BCUT2D eigenvalue weighted by Crippen LogP contribution is -2.07. The second-order valence-corrected chi connectivity index (χ2v) is 4.48. The maximum absolute atomic E-state index is 5.93. The van der Waals surface area contributed by atoms with Crippen LogP contribution in [0.3, 0.4) is 0 Å². The summed E-state index contributed by atoms with van der Waals surface area (Å²) >= 11 is 0. The zero-order chi connectivity index (χ0) is 13.3. The molecular formula is C13H19N5. The standard InChI is InChI=1S/C13H19N5/c1-5-15-13-16-12(14)18(17-13)11-9(3)6-8(2)7-10(11)4/h6-7H,5H2,1-4H3,(H3,14,15,16,17). The molecule has 1 aromatic heterocycles. The van der Waals surface area contributed by atoms with Crippen LogP contribution in [0.1, 0.15) is 23.6 Å². The molecule has 0 spiro atoms. The van der Waals surface area contributed by atoms with Crippen LogP contribution in [0.15, 0.2) is 12.1 Å². The summed E-state index contributed by atoms with van der Waals surface area (Å²) in [5, 5.41) is 7.46. The van der Waals surface area contributed by atoms with Crippen molar-refractivity contribution in [2.24, 2.45) is 0 Å². The highest BCUT2D eigenvalue weighted by Gasteiger charge is 2.12. The summed E-state index contributed by atoms with van der Waals surface area (Å²) in [4.78, 5) is 4.20. The summed E-state index contributed by atoms with van der Waals surface area (Å²) in [7, 11) is 0. The molecule has 1 heterocycles. The summed E-state index contributed by atoms with van der Waals surface area (Å²) in [6.07, 6.45) is 0. The van der Waals surface area contributed by atoms with E-state index in [2.05, 4.69) is 48.3 Å². The van der Waals surface area contributed by atoms with E-state index in [-0.39, 0.29) is 0 Å². The third kappa shape index (κ3) is 2.16. The molecule has 2 aromatic rings. The molecule has 0 saturated carbocycles. The van der Waals surface area contributed by atoms with Gasteiger partial charge in [-0.2, -0.15) is 9.67 Å². The number of anilines is 2. The van der Waals surface area contributed by atoms with Gasteiger partial charge in [0.1, 0.15) is 0 Å². The second-order valence-electron chi connectivity index (χ2n) is 4.48. The Morgan fingerprint density at radius 2 is 1.83 bits per heavy atom. The zero-order valence-corrected chi connectivity index (χ0v) is 11.3. The Kier molecular flexibility index (Phi) is 3.23. The van der Waals surface area contributed by atoms with E-state index in [1.165, 1.54) is 5.56 Å². The van der Waals surface area contributed by atoms with Gasteiger partial charge in [0.25, 0.3) is 0 Å². The van der Waals surface area contributed by atoms with E-state index in [0.29, 0.717) is 11.9 Å². The number of nitrogens with two attached hydrogens (primary N) is 1. The number of aromatic nitrogens is 3. The molecule has 0 aliphatic rings. The molecule has 3 N–H and O–H groups in total. The van der Waals surface area contributed by atoms with Gasteiger partial charge in [0.05, 0.1) is 5.69 Å². The number of hydrogen-bond donors (Lipinski definition) is 2. The van der Waals surface area contributed by atoms with Crippen LogP contribution in [0.2, 0.25) is 0 Å². The van der Waals surface area contributed by atoms with E-state index in [9.17, 15) is 0 Å². The van der Waals surface area contributed by atoms with Crippen molar-refractivity contribution in [3.05, 3.63) is 28.8 Å². The number of benzene rings is 1.